The molecule has 3 aromatic rings. The number of halogens is 1. The van der Waals surface area contributed by atoms with Crippen molar-refractivity contribution < 1.29 is 18.7 Å². The number of rotatable bonds is 5. The summed E-state index contributed by atoms with van der Waals surface area (Å²) in [7, 11) is 2.93. The average molecular weight is 478 g/mol. The molecule has 5 rings (SSSR count). The Hall–Kier alpha value is -3.41. The molecule has 2 N–H and O–H groups in total. The van der Waals surface area contributed by atoms with Gasteiger partial charge in [-0.1, -0.05) is 6.07 Å². The monoisotopic (exact) mass is 477 g/mol. The minimum Gasteiger partial charge on any atom is -0.495 e. The third-order valence-electron chi connectivity index (χ3n) is 6.81. The Bertz CT molecular complexity index is 1320. The van der Waals surface area contributed by atoms with Crippen LogP contribution in [0.25, 0.3) is 21.6 Å². The fraction of sp³-hybridized carbons (Fsp3) is 0.308. The Kier molecular flexibility index (Phi) is 5.76. The van der Waals surface area contributed by atoms with Crippen LogP contribution in [-0.4, -0.2) is 43.2 Å². The van der Waals surface area contributed by atoms with E-state index >= 15 is 0 Å². The quantitative estimate of drug-likeness (QED) is 0.570. The summed E-state index contributed by atoms with van der Waals surface area (Å²) >= 11 is 1.34. The van der Waals surface area contributed by atoms with Crippen LogP contribution in [0.15, 0.2) is 42.5 Å². The Balaban J connectivity index is 1.63. The van der Waals surface area contributed by atoms with E-state index in [-0.39, 0.29) is 29.8 Å². The van der Waals surface area contributed by atoms with Crippen LogP contribution in [0, 0.1) is 17.1 Å². The minimum atomic E-state index is -0.479. The van der Waals surface area contributed by atoms with E-state index in [0.717, 1.165) is 35.3 Å². The van der Waals surface area contributed by atoms with Gasteiger partial charge >= 0.3 is 0 Å². The molecular weight excluding hydrogens is 453 g/mol. The van der Waals surface area contributed by atoms with Crippen LogP contribution in [-0.2, 0) is 0 Å². The Morgan fingerprint density at radius 1 is 1.12 bits per heavy atom. The number of methoxy groups -OCH3 is 2. The maximum Gasteiger partial charge on any atom is 0.264 e. The van der Waals surface area contributed by atoms with E-state index in [1.54, 1.807) is 24.3 Å². The second kappa shape index (κ2) is 8.75. The van der Waals surface area contributed by atoms with E-state index in [0.29, 0.717) is 21.8 Å². The van der Waals surface area contributed by atoms with Crippen LogP contribution in [0.4, 0.5) is 4.39 Å². The van der Waals surface area contributed by atoms with Crippen LogP contribution in [0.2, 0.25) is 0 Å². The van der Waals surface area contributed by atoms with Crippen molar-refractivity contribution in [2.24, 2.45) is 5.73 Å². The Morgan fingerprint density at radius 2 is 1.88 bits per heavy atom. The summed E-state index contributed by atoms with van der Waals surface area (Å²) in [4.78, 5) is 16.9. The van der Waals surface area contributed by atoms with Gasteiger partial charge in [0.1, 0.15) is 11.8 Å². The van der Waals surface area contributed by atoms with Crippen molar-refractivity contribution in [2.75, 3.05) is 14.2 Å². The summed E-state index contributed by atoms with van der Waals surface area (Å²) in [5, 5.41) is 9.36. The van der Waals surface area contributed by atoms with Crippen molar-refractivity contribution >= 4 is 17.2 Å². The molecule has 8 heteroatoms. The zero-order chi connectivity index (χ0) is 24.0. The summed E-state index contributed by atoms with van der Waals surface area (Å²) in [5.74, 6) is 0.0797. The number of benzene rings is 2. The molecule has 6 nitrogen and oxygen atoms in total. The zero-order valence-corrected chi connectivity index (χ0v) is 19.7. The van der Waals surface area contributed by atoms with Gasteiger partial charge in [0, 0.05) is 28.6 Å². The van der Waals surface area contributed by atoms with Crippen LogP contribution < -0.4 is 15.2 Å². The molecule has 3 heterocycles. The van der Waals surface area contributed by atoms with Gasteiger partial charge in [0.15, 0.2) is 11.6 Å². The molecular formula is C26H24FN3O3S. The molecule has 174 valence electrons. The summed E-state index contributed by atoms with van der Waals surface area (Å²) < 4.78 is 25.0. The fourth-order valence-electron chi connectivity index (χ4n) is 5.16. The standard InChI is InChI=1S/C26H24FN3O3S/c1-32-22-8-5-15(9-19(22)27)25-18(14-3-4-16(13-28)23(10-14)33-2)12-24(34-25)26(31)30-17-6-7-21(30)20(29)11-17/h3-5,8-10,12,17,20-21H,6-7,11,29H2,1-2H3/t17-,20-,21+/m0/s1. The molecule has 34 heavy (non-hydrogen) atoms. The molecule has 0 aliphatic carbocycles. The van der Waals surface area contributed by atoms with E-state index in [9.17, 15) is 14.4 Å². The van der Waals surface area contributed by atoms with Gasteiger partial charge in [-0.05, 0) is 66.8 Å². The lowest BCUT2D eigenvalue weighted by Crippen LogP contribution is -2.40. The van der Waals surface area contributed by atoms with Crippen LogP contribution >= 0.6 is 11.3 Å². The van der Waals surface area contributed by atoms with Crippen molar-refractivity contribution in [1.82, 2.24) is 4.90 Å². The highest BCUT2D eigenvalue weighted by molar-refractivity contribution is 7.18. The maximum atomic E-state index is 14.6. The molecule has 2 aromatic carbocycles. The number of ether oxygens (including phenoxy) is 2. The van der Waals surface area contributed by atoms with Gasteiger partial charge in [0.05, 0.1) is 24.7 Å². The molecule has 1 amide bonds. The van der Waals surface area contributed by atoms with Crippen molar-refractivity contribution in [1.29, 1.82) is 5.26 Å². The van der Waals surface area contributed by atoms with Crippen molar-refractivity contribution in [3.05, 3.63) is 58.7 Å². The zero-order valence-electron chi connectivity index (χ0n) is 18.9. The normalized spacial score (nSPS) is 20.9. The lowest BCUT2D eigenvalue weighted by atomic mass is 9.97. The number of nitriles is 1. The summed E-state index contributed by atoms with van der Waals surface area (Å²) in [6, 6.07) is 14.3. The number of hydrogen-bond acceptors (Lipinski definition) is 6. The molecule has 2 aliphatic rings. The molecule has 3 atom stereocenters. The molecule has 2 fully saturated rings. The van der Waals surface area contributed by atoms with E-state index in [4.69, 9.17) is 15.2 Å². The number of hydrogen-bond donors (Lipinski definition) is 1. The predicted octanol–water partition coefficient (Wildman–Crippen LogP) is 4.81. The Labute approximate surface area is 201 Å². The highest BCUT2D eigenvalue weighted by Crippen LogP contribution is 2.44. The van der Waals surface area contributed by atoms with Crippen LogP contribution in [0.3, 0.4) is 0 Å². The lowest BCUT2D eigenvalue weighted by molar-refractivity contribution is 0.0731. The molecule has 0 spiro atoms. The molecule has 2 aliphatic heterocycles. The summed E-state index contributed by atoms with van der Waals surface area (Å²) in [5.41, 5.74) is 8.87. The third kappa shape index (κ3) is 3.61. The second-order valence-electron chi connectivity index (χ2n) is 8.64. The first-order chi connectivity index (χ1) is 16.4. The number of nitrogens with two attached hydrogens (primary N) is 1. The number of nitrogens with zero attached hydrogens (tertiary/aromatic N) is 2. The molecule has 1 aromatic heterocycles. The molecule has 2 saturated heterocycles. The number of fused-ring (bicyclic) bond motifs is 2. The van der Waals surface area contributed by atoms with Crippen molar-refractivity contribution in [2.45, 2.75) is 37.4 Å². The largest absolute Gasteiger partial charge is 0.495 e. The van der Waals surface area contributed by atoms with Gasteiger partial charge in [-0.3, -0.25) is 4.79 Å². The van der Waals surface area contributed by atoms with Gasteiger partial charge in [-0.25, -0.2) is 4.39 Å². The van der Waals surface area contributed by atoms with Gasteiger partial charge in [0.2, 0.25) is 0 Å². The number of carbonyl (C=O) groups is 1. The topological polar surface area (TPSA) is 88.6 Å². The predicted molar refractivity (Wildman–Crippen MR) is 129 cm³/mol. The lowest BCUT2D eigenvalue weighted by Gasteiger charge is -2.22. The van der Waals surface area contributed by atoms with Crippen LogP contribution in [0.1, 0.15) is 34.5 Å². The third-order valence-corrected chi connectivity index (χ3v) is 7.98. The first-order valence-corrected chi connectivity index (χ1v) is 11.9. The summed E-state index contributed by atoms with van der Waals surface area (Å²) in [6.07, 6.45) is 2.74. The number of carbonyl (C=O) groups excluding carboxylic acids is 1. The van der Waals surface area contributed by atoms with E-state index in [2.05, 4.69) is 6.07 Å². The number of thiophene rings is 1. The smallest absolute Gasteiger partial charge is 0.264 e. The second-order valence-corrected chi connectivity index (χ2v) is 9.69. The fourth-order valence-corrected chi connectivity index (χ4v) is 6.28. The first kappa shape index (κ1) is 22.4. The molecule has 2 bridgehead atoms. The SMILES string of the molecule is COc1ccc(-c2sc(C(=O)N3[C@H]4CC[C@@H]3[C@@H](N)C4)cc2-c2ccc(C#N)c(OC)c2)cc1F. The van der Waals surface area contributed by atoms with Crippen molar-refractivity contribution in [3.63, 3.8) is 0 Å². The minimum absolute atomic E-state index is 0.0140. The van der Waals surface area contributed by atoms with E-state index in [1.165, 1.54) is 31.6 Å². The summed E-state index contributed by atoms with van der Waals surface area (Å²) in [6.45, 7) is 0. The average Bonchev–Trinajstić information content (AvgIpc) is 3.55. The van der Waals surface area contributed by atoms with E-state index < -0.39 is 5.82 Å². The first-order valence-electron chi connectivity index (χ1n) is 11.1. The molecule has 0 unspecified atom stereocenters. The van der Waals surface area contributed by atoms with Gasteiger partial charge in [-0.2, -0.15) is 5.26 Å². The highest BCUT2D eigenvalue weighted by atomic mass is 32.1. The highest BCUT2D eigenvalue weighted by Gasteiger charge is 2.47. The van der Waals surface area contributed by atoms with E-state index in [1.807, 2.05) is 17.0 Å². The Morgan fingerprint density at radius 3 is 2.50 bits per heavy atom. The van der Waals surface area contributed by atoms with Crippen molar-refractivity contribution in [3.8, 4) is 39.1 Å². The molecule has 0 saturated carbocycles. The maximum absolute atomic E-state index is 14.6. The van der Waals surface area contributed by atoms with Gasteiger partial charge < -0.3 is 20.1 Å². The van der Waals surface area contributed by atoms with Gasteiger partial charge in [0.25, 0.3) is 5.91 Å². The molecule has 0 radical (unpaired) electrons. The van der Waals surface area contributed by atoms with Gasteiger partial charge in [-0.15, -0.1) is 11.3 Å². The van der Waals surface area contributed by atoms with Crippen LogP contribution in [0.5, 0.6) is 11.5 Å². The number of amides is 1.